The molecule has 0 fully saturated rings. The summed E-state index contributed by atoms with van der Waals surface area (Å²) in [6.07, 6.45) is -0.693. The fraction of sp³-hybridized carbons (Fsp3) is 0.312. The van der Waals surface area contributed by atoms with Crippen LogP contribution in [0.15, 0.2) is 42.5 Å². The summed E-state index contributed by atoms with van der Waals surface area (Å²) in [5, 5.41) is 17.1. The lowest BCUT2D eigenvalue weighted by Crippen LogP contribution is -2.40. The van der Waals surface area contributed by atoms with E-state index in [9.17, 15) is 9.90 Å². The topological polar surface area (TPSA) is 70.6 Å². The van der Waals surface area contributed by atoms with E-state index in [-0.39, 0.29) is 19.2 Å². The van der Waals surface area contributed by atoms with Gasteiger partial charge in [-0.3, -0.25) is 0 Å². The number of aliphatic hydroxyl groups is 1. The summed E-state index contributed by atoms with van der Waals surface area (Å²) in [6, 6.07) is 13.8. The molecule has 5 nitrogen and oxygen atoms in total. The molecule has 2 rings (SSSR count). The molecule has 0 aromatic heterocycles. The number of rotatable bonds is 6. The summed E-state index contributed by atoms with van der Waals surface area (Å²) < 4.78 is 4.78. The van der Waals surface area contributed by atoms with Crippen LogP contribution in [-0.4, -0.2) is 37.5 Å². The van der Waals surface area contributed by atoms with Crippen LogP contribution in [0.2, 0.25) is 0 Å². The Hall–Kier alpha value is -2.11. The number of methoxy groups -OCH3 is 1. The summed E-state index contributed by atoms with van der Waals surface area (Å²) in [6.45, 7) is 0.805. The van der Waals surface area contributed by atoms with E-state index in [1.54, 1.807) is 0 Å². The number of urea groups is 1. The Bertz CT molecular complexity index is 601. The van der Waals surface area contributed by atoms with Crippen LogP contribution >= 0.6 is 0 Å². The smallest absolute Gasteiger partial charge is 0.315 e. The van der Waals surface area contributed by atoms with Gasteiger partial charge in [-0.15, -0.1) is 0 Å². The van der Waals surface area contributed by atoms with Crippen LogP contribution in [0.1, 0.15) is 5.56 Å². The zero-order chi connectivity index (χ0) is 15.1. The zero-order valence-electron chi connectivity index (χ0n) is 12.0. The van der Waals surface area contributed by atoms with Gasteiger partial charge < -0.3 is 20.5 Å². The number of nitrogens with one attached hydrogen (secondary N) is 2. The number of ether oxygens (including phenoxy) is 1. The maximum absolute atomic E-state index is 11.6. The van der Waals surface area contributed by atoms with Crippen LogP contribution in [0.25, 0.3) is 10.8 Å². The average Bonchev–Trinajstić information content (AvgIpc) is 2.51. The molecule has 0 aliphatic carbocycles. The second-order valence-corrected chi connectivity index (χ2v) is 4.85. The first-order valence-corrected chi connectivity index (χ1v) is 6.85. The molecular formula is C16H20N2O3. The molecule has 2 amide bonds. The molecule has 0 bridgehead atoms. The first-order chi connectivity index (χ1) is 10.2. The third-order valence-electron chi connectivity index (χ3n) is 3.12. The monoisotopic (exact) mass is 288 g/mol. The van der Waals surface area contributed by atoms with Crippen molar-refractivity contribution in [2.24, 2.45) is 0 Å². The lowest BCUT2D eigenvalue weighted by atomic mass is 10.1. The normalized spacial score (nSPS) is 12.1. The van der Waals surface area contributed by atoms with Gasteiger partial charge in [0.1, 0.15) is 0 Å². The van der Waals surface area contributed by atoms with Crippen molar-refractivity contribution >= 4 is 16.8 Å². The predicted molar refractivity (Wildman–Crippen MR) is 82.1 cm³/mol. The number of fused-ring (bicyclic) bond motifs is 1. The van der Waals surface area contributed by atoms with Gasteiger partial charge >= 0.3 is 6.03 Å². The molecule has 21 heavy (non-hydrogen) atoms. The summed E-state index contributed by atoms with van der Waals surface area (Å²) in [5.41, 5.74) is 1.03. The number of carbonyl (C=O) groups excluding carboxylic acids is 1. The highest BCUT2D eigenvalue weighted by Gasteiger charge is 2.06. The van der Waals surface area contributed by atoms with Crippen molar-refractivity contribution in [1.29, 1.82) is 0 Å². The molecule has 0 saturated carbocycles. The van der Waals surface area contributed by atoms with E-state index in [0.717, 1.165) is 10.9 Å². The van der Waals surface area contributed by atoms with E-state index >= 15 is 0 Å². The Morgan fingerprint density at radius 3 is 2.71 bits per heavy atom. The molecule has 5 heteroatoms. The first kappa shape index (κ1) is 15.3. The van der Waals surface area contributed by atoms with Gasteiger partial charge in [-0.1, -0.05) is 36.4 Å². The number of aliphatic hydroxyl groups excluding tert-OH is 1. The van der Waals surface area contributed by atoms with Crippen molar-refractivity contribution in [2.45, 2.75) is 12.6 Å². The number of hydrogen-bond donors (Lipinski definition) is 3. The predicted octanol–water partition coefficient (Wildman–Crippen LogP) is 1.65. The molecule has 0 aliphatic heterocycles. The molecule has 0 heterocycles. The van der Waals surface area contributed by atoms with E-state index in [2.05, 4.69) is 22.8 Å². The number of amides is 2. The van der Waals surface area contributed by atoms with Crippen molar-refractivity contribution < 1.29 is 14.6 Å². The molecule has 1 atom stereocenters. The van der Waals surface area contributed by atoms with Gasteiger partial charge in [-0.25, -0.2) is 4.79 Å². The summed E-state index contributed by atoms with van der Waals surface area (Å²) in [5.74, 6) is 0. The highest BCUT2D eigenvalue weighted by Crippen LogP contribution is 2.15. The SMILES string of the molecule is COCC(O)CNC(=O)NCc1ccc2ccccc2c1. The highest BCUT2D eigenvalue weighted by atomic mass is 16.5. The van der Waals surface area contributed by atoms with Crippen LogP contribution in [0.3, 0.4) is 0 Å². The van der Waals surface area contributed by atoms with Crippen LogP contribution in [0.4, 0.5) is 4.79 Å². The summed E-state index contributed by atoms with van der Waals surface area (Å²) in [4.78, 5) is 11.6. The molecular weight excluding hydrogens is 268 g/mol. The second kappa shape index (κ2) is 7.61. The lowest BCUT2D eigenvalue weighted by molar-refractivity contribution is 0.0660. The summed E-state index contributed by atoms with van der Waals surface area (Å²) in [7, 11) is 1.50. The quantitative estimate of drug-likeness (QED) is 0.757. The molecule has 3 N–H and O–H groups in total. The lowest BCUT2D eigenvalue weighted by Gasteiger charge is -2.12. The Balaban J connectivity index is 1.82. The number of hydrogen-bond acceptors (Lipinski definition) is 3. The molecule has 2 aromatic carbocycles. The Morgan fingerprint density at radius 2 is 1.95 bits per heavy atom. The first-order valence-electron chi connectivity index (χ1n) is 6.85. The van der Waals surface area contributed by atoms with Crippen molar-refractivity contribution in [3.8, 4) is 0 Å². The van der Waals surface area contributed by atoms with Crippen molar-refractivity contribution in [1.82, 2.24) is 10.6 Å². The van der Waals surface area contributed by atoms with Crippen LogP contribution in [-0.2, 0) is 11.3 Å². The standard InChI is InChI=1S/C16H20N2O3/c1-21-11-15(19)10-18-16(20)17-9-12-6-7-13-4-2-3-5-14(13)8-12/h2-8,15,19H,9-11H2,1H3,(H2,17,18,20). The fourth-order valence-electron chi connectivity index (χ4n) is 2.06. The van der Waals surface area contributed by atoms with Gasteiger partial charge in [-0.05, 0) is 22.4 Å². The molecule has 0 spiro atoms. The van der Waals surface area contributed by atoms with E-state index in [0.29, 0.717) is 6.54 Å². The zero-order valence-corrected chi connectivity index (χ0v) is 12.0. The maximum atomic E-state index is 11.6. The van der Waals surface area contributed by atoms with Crippen molar-refractivity contribution in [2.75, 3.05) is 20.3 Å². The Kier molecular flexibility index (Phi) is 5.54. The minimum atomic E-state index is -0.693. The summed E-state index contributed by atoms with van der Waals surface area (Å²) >= 11 is 0. The molecule has 0 aliphatic rings. The minimum Gasteiger partial charge on any atom is -0.389 e. The number of benzene rings is 2. The average molecular weight is 288 g/mol. The maximum Gasteiger partial charge on any atom is 0.315 e. The van der Waals surface area contributed by atoms with Crippen molar-refractivity contribution in [3.63, 3.8) is 0 Å². The molecule has 0 saturated heterocycles. The van der Waals surface area contributed by atoms with E-state index in [4.69, 9.17) is 4.74 Å². The largest absolute Gasteiger partial charge is 0.389 e. The van der Waals surface area contributed by atoms with Crippen LogP contribution < -0.4 is 10.6 Å². The van der Waals surface area contributed by atoms with Gasteiger partial charge in [0.15, 0.2) is 0 Å². The van der Waals surface area contributed by atoms with Crippen LogP contribution in [0.5, 0.6) is 0 Å². The third-order valence-corrected chi connectivity index (χ3v) is 3.12. The van der Waals surface area contributed by atoms with E-state index in [1.807, 2.05) is 30.3 Å². The van der Waals surface area contributed by atoms with Crippen LogP contribution in [0, 0.1) is 0 Å². The highest BCUT2D eigenvalue weighted by molar-refractivity contribution is 5.83. The van der Waals surface area contributed by atoms with E-state index in [1.165, 1.54) is 12.5 Å². The minimum absolute atomic E-state index is 0.164. The van der Waals surface area contributed by atoms with Crippen molar-refractivity contribution in [3.05, 3.63) is 48.0 Å². The molecule has 2 aromatic rings. The second-order valence-electron chi connectivity index (χ2n) is 4.85. The van der Waals surface area contributed by atoms with E-state index < -0.39 is 6.10 Å². The van der Waals surface area contributed by atoms with Gasteiger partial charge in [0.25, 0.3) is 0 Å². The Morgan fingerprint density at radius 1 is 1.19 bits per heavy atom. The number of carbonyl (C=O) groups is 1. The third kappa shape index (κ3) is 4.73. The van der Waals surface area contributed by atoms with Gasteiger partial charge in [0, 0.05) is 20.2 Å². The Labute approximate surface area is 123 Å². The van der Waals surface area contributed by atoms with Gasteiger partial charge in [-0.2, -0.15) is 0 Å². The molecule has 0 radical (unpaired) electrons. The molecule has 1 unspecified atom stereocenters. The molecule has 112 valence electrons. The van der Waals surface area contributed by atoms with Gasteiger partial charge in [0.2, 0.25) is 0 Å². The fourth-order valence-corrected chi connectivity index (χ4v) is 2.06. The van der Waals surface area contributed by atoms with Gasteiger partial charge in [0.05, 0.1) is 12.7 Å².